The molecule has 13 nitrogen and oxygen atoms in total. The largest absolute Gasteiger partial charge is 0.472 e. The average molecular weight is 713 g/mol. The smallest absolute Gasteiger partial charge is 0.352 e. The van der Waals surface area contributed by atoms with Gasteiger partial charge in [0.05, 0.1) is 25.6 Å². The van der Waals surface area contributed by atoms with Gasteiger partial charge in [0.2, 0.25) is 6.10 Å². The van der Waals surface area contributed by atoms with Crippen molar-refractivity contribution in [2.24, 2.45) is 34.0 Å². The summed E-state index contributed by atoms with van der Waals surface area (Å²) in [7, 11) is 1.26. The van der Waals surface area contributed by atoms with Crippen molar-refractivity contribution in [1.82, 2.24) is 0 Å². The Morgan fingerprint density at radius 2 is 1.76 bits per heavy atom. The maximum atomic E-state index is 14.0. The van der Waals surface area contributed by atoms with Crippen molar-refractivity contribution in [3.63, 3.8) is 0 Å². The van der Waals surface area contributed by atoms with E-state index in [1.165, 1.54) is 19.6 Å². The fraction of sp³-hybridized carbons (Fsp3) is 0.658. The molecule has 0 spiro atoms. The van der Waals surface area contributed by atoms with Crippen LogP contribution in [0.4, 0.5) is 0 Å². The normalized spacial score (nSPS) is 41.0. The first-order valence-electron chi connectivity index (χ1n) is 17.5. The highest BCUT2D eigenvalue weighted by atomic mass is 16.6. The number of hydrogen-bond acceptors (Lipinski definition) is 13. The third kappa shape index (κ3) is 4.75. The fourth-order valence-electron chi connectivity index (χ4n) is 10.7. The number of furan rings is 1. The summed E-state index contributed by atoms with van der Waals surface area (Å²) in [6.07, 6.45) is -0.930. The summed E-state index contributed by atoms with van der Waals surface area (Å²) in [6.45, 7) is 13.0. The predicted octanol–water partition coefficient (Wildman–Crippen LogP) is 4.05. The van der Waals surface area contributed by atoms with Gasteiger partial charge in [0.1, 0.15) is 17.8 Å². The van der Waals surface area contributed by atoms with Crippen LogP contribution in [0, 0.1) is 34.0 Å². The maximum Gasteiger partial charge on any atom is 0.352 e. The summed E-state index contributed by atoms with van der Waals surface area (Å²) in [5.41, 5.74) is -6.97. The Labute approximate surface area is 296 Å². The van der Waals surface area contributed by atoms with E-state index in [0.29, 0.717) is 18.4 Å². The molecule has 1 saturated heterocycles. The summed E-state index contributed by atoms with van der Waals surface area (Å²) in [5, 5.41) is 26.7. The first-order chi connectivity index (χ1) is 23.8. The van der Waals surface area contributed by atoms with E-state index in [-0.39, 0.29) is 29.6 Å². The fourth-order valence-corrected chi connectivity index (χ4v) is 10.7. The molecule has 2 bridgehead atoms. The highest BCUT2D eigenvalue weighted by Crippen LogP contribution is 2.81. The highest BCUT2D eigenvalue weighted by Gasteiger charge is 2.90. The summed E-state index contributed by atoms with van der Waals surface area (Å²) in [5.74, 6) is -5.89. The maximum absolute atomic E-state index is 14.0. The number of carbonyl (C=O) groups excluding carboxylic acids is 5. The number of ether oxygens (including phenoxy) is 5. The molecular weight excluding hydrogens is 664 g/mol. The van der Waals surface area contributed by atoms with Crippen LogP contribution >= 0.6 is 0 Å². The van der Waals surface area contributed by atoms with Crippen LogP contribution < -0.4 is 0 Å². The minimum atomic E-state index is -2.50. The number of esters is 5. The van der Waals surface area contributed by atoms with Gasteiger partial charge in [0.15, 0.2) is 11.7 Å². The van der Waals surface area contributed by atoms with E-state index in [1.54, 1.807) is 53.7 Å². The van der Waals surface area contributed by atoms with Gasteiger partial charge in [-0.3, -0.25) is 14.4 Å². The van der Waals surface area contributed by atoms with Crippen LogP contribution in [0.3, 0.4) is 0 Å². The van der Waals surface area contributed by atoms with Gasteiger partial charge in [-0.1, -0.05) is 40.7 Å². The quantitative estimate of drug-likeness (QED) is 0.170. The molecule has 0 unspecified atom stereocenters. The predicted molar refractivity (Wildman–Crippen MR) is 176 cm³/mol. The first kappa shape index (κ1) is 36.8. The Hall–Kier alpha value is -3.97. The number of rotatable bonds is 8. The Morgan fingerprint density at radius 3 is 2.33 bits per heavy atom. The van der Waals surface area contributed by atoms with E-state index in [0.717, 1.165) is 6.92 Å². The third-order valence-corrected chi connectivity index (χ3v) is 13.1. The van der Waals surface area contributed by atoms with Crippen LogP contribution in [0.15, 0.2) is 45.8 Å². The second kappa shape index (κ2) is 12.0. The van der Waals surface area contributed by atoms with Crippen molar-refractivity contribution in [2.75, 3.05) is 7.11 Å². The van der Waals surface area contributed by atoms with Crippen LogP contribution in [-0.2, 0) is 47.7 Å². The summed E-state index contributed by atoms with van der Waals surface area (Å²) in [6, 6.07) is 1.66. The zero-order valence-electron chi connectivity index (χ0n) is 30.6. The van der Waals surface area contributed by atoms with E-state index in [4.69, 9.17) is 28.1 Å². The molecule has 13 heteroatoms. The summed E-state index contributed by atoms with van der Waals surface area (Å²) in [4.78, 5) is 67.1. The Morgan fingerprint density at radius 1 is 1.08 bits per heavy atom. The number of aliphatic hydroxyl groups is 2. The lowest BCUT2D eigenvalue weighted by atomic mass is 9.40. The zero-order chi connectivity index (χ0) is 37.6. The van der Waals surface area contributed by atoms with Crippen molar-refractivity contribution in [2.45, 2.75) is 117 Å². The average Bonchev–Trinajstić information content (AvgIpc) is 3.71. The highest BCUT2D eigenvalue weighted by molar-refractivity contribution is 5.88. The van der Waals surface area contributed by atoms with Crippen LogP contribution in [0.1, 0.15) is 92.7 Å². The second-order valence-corrected chi connectivity index (χ2v) is 16.0. The monoisotopic (exact) mass is 712 g/mol. The molecule has 0 radical (unpaired) electrons. The van der Waals surface area contributed by atoms with E-state index >= 15 is 0 Å². The van der Waals surface area contributed by atoms with E-state index in [2.05, 4.69) is 0 Å². The molecule has 4 fully saturated rings. The second-order valence-electron chi connectivity index (χ2n) is 16.0. The first-order valence-corrected chi connectivity index (χ1v) is 17.5. The zero-order valence-corrected chi connectivity index (χ0v) is 30.6. The lowest BCUT2D eigenvalue weighted by Crippen LogP contribution is -2.80. The van der Waals surface area contributed by atoms with Gasteiger partial charge in [-0.15, -0.1) is 0 Å². The molecule has 6 rings (SSSR count). The van der Waals surface area contributed by atoms with Crippen LogP contribution in [0.5, 0.6) is 0 Å². The van der Waals surface area contributed by atoms with Gasteiger partial charge in [-0.25, -0.2) is 9.59 Å². The van der Waals surface area contributed by atoms with Gasteiger partial charge < -0.3 is 38.3 Å². The van der Waals surface area contributed by atoms with Crippen molar-refractivity contribution >= 4 is 29.8 Å². The number of cyclic esters (lactones) is 1. The molecule has 5 aliphatic rings. The number of hydrogen-bond donors (Lipinski definition) is 2. The molecule has 0 aromatic carbocycles. The third-order valence-electron chi connectivity index (χ3n) is 13.1. The van der Waals surface area contributed by atoms with Crippen molar-refractivity contribution in [1.29, 1.82) is 0 Å². The number of allylic oxidation sites excluding steroid dienone is 1. The van der Waals surface area contributed by atoms with E-state index < -0.39 is 99.5 Å². The number of fused-ring (bicyclic) bond motifs is 4. The van der Waals surface area contributed by atoms with Gasteiger partial charge >= 0.3 is 29.8 Å². The van der Waals surface area contributed by atoms with Crippen LogP contribution in [0.2, 0.25) is 0 Å². The molecule has 1 aliphatic heterocycles. The molecule has 0 amide bonds. The van der Waals surface area contributed by atoms with Crippen molar-refractivity contribution in [3.05, 3.63) is 47.0 Å². The molecule has 4 aliphatic carbocycles. The Balaban J connectivity index is 1.72. The molecular formula is C38H48O13. The van der Waals surface area contributed by atoms with E-state index in [9.17, 15) is 34.2 Å². The van der Waals surface area contributed by atoms with Crippen molar-refractivity contribution < 1.29 is 62.3 Å². The van der Waals surface area contributed by atoms with Gasteiger partial charge in [0.25, 0.3) is 0 Å². The molecule has 51 heavy (non-hydrogen) atoms. The minimum absolute atomic E-state index is 0.110. The molecule has 3 saturated carbocycles. The molecule has 2 N–H and O–H groups in total. The molecule has 2 heterocycles. The molecule has 278 valence electrons. The van der Waals surface area contributed by atoms with Crippen LogP contribution in [-0.4, -0.2) is 76.7 Å². The Kier molecular flexibility index (Phi) is 8.69. The van der Waals surface area contributed by atoms with E-state index in [1.807, 2.05) is 6.92 Å². The topological polar surface area (TPSA) is 185 Å². The number of methoxy groups -OCH3 is 1. The molecule has 1 aromatic rings. The minimum Gasteiger partial charge on any atom is -0.472 e. The van der Waals surface area contributed by atoms with Crippen molar-refractivity contribution in [3.8, 4) is 0 Å². The number of carbonyl (C=O) groups is 5. The molecule has 11 atom stereocenters. The summed E-state index contributed by atoms with van der Waals surface area (Å²) >= 11 is 0. The standard InChI is InChI=1S/C38H48O13/c1-10-19(4)31(42)51-33-35(7)17-37(44)36(8,23(35)15-24(40)46-9)22-11-13-34(6)26(25(22)29(38(33,37)45)50-30(41)18(2)3)27(48-20(5)39)32(43)49-28(34)21-12-14-47-16-21/h10,12,14,16,18,22-23,27-29,33,44-45H,11,13,15,17H2,1-9H3/t22-,23-,27+,28-,29-,33-,34+,35+,36+,37+,38+/m0/s1. The lowest BCUT2D eigenvalue weighted by Gasteiger charge is -2.68. The molecule has 1 aromatic heterocycles. The SMILES string of the molecule is CC=C(C)C(=O)O[C@H]1[C@]2(C)C[C@@]3(O)[C@](C)([C@H]4CC[C@]5(C)C(=C4[C@H](OC(=O)C(C)C)[C@@]13O)[C@@H](OC(C)=O)C(=O)O[C@H]5c1ccoc1)[C@H]2CC(=O)OC. The van der Waals surface area contributed by atoms with Gasteiger partial charge in [-0.05, 0) is 62.2 Å². The van der Waals surface area contributed by atoms with Gasteiger partial charge in [-0.2, -0.15) is 0 Å². The Bertz CT molecular complexity index is 1720. The van der Waals surface area contributed by atoms with Crippen LogP contribution in [0.25, 0.3) is 0 Å². The lowest BCUT2D eigenvalue weighted by molar-refractivity contribution is -0.316. The summed E-state index contributed by atoms with van der Waals surface area (Å²) < 4.78 is 34.7. The van der Waals surface area contributed by atoms with Gasteiger partial charge in [0, 0.05) is 40.7 Å².